The van der Waals surface area contributed by atoms with Gasteiger partial charge in [0.1, 0.15) is 12.4 Å². The number of nitrogens with zero attached hydrogens (tertiary/aromatic N) is 2. The summed E-state index contributed by atoms with van der Waals surface area (Å²) in [6.07, 6.45) is 6.78. The number of benzene rings is 1. The number of ether oxygens (including phenoxy) is 1. The zero-order valence-electron chi connectivity index (χ0n) is 14.0. The van der Waals surface area contributed by atoms with Crippen LogP contribution in [0.1, 0.15) is 38.5 Å². The maximum absolute atomic E-state index is 12.8. The van der Waals surface area contributed by atoms with Crippen molar-refractivity contribution in [3.63, 3.8) is 0 Å². The Morgan fingerprint density at radius 1 is 1.38 bits per heavy atom. The Labute approximate surface area is 151 Å². The lowest BCUT2D eigenvalue weighted by atomic mass is 9.79. The lowest BCUT2D eigenvalue weighted by molar-refractivity contribution is -0.132. The van der Waals surface area contributed by atoms with Gasteiger partial charge in [0.2, 0.25) is 0 Å². The summed E-state index contributed by atoms with van der Waals surface area (Å²) in [7, 11) is 1.68. The Morgan fingerprint density at radius 2 is 2.12 bits per heavy atom. The van der Waals surface area contributed by atoms with Crippen molar-refractivity contribution in [2.24, 2.45) is 16.6 Å². The van der Waals surface area contributed by atoms with Gasteiger partial charge in [0, 0.05) is 11.5 Å². The van der Waals surface area contributed by atoms with E-state index in [4.69, 9.17) is 10.5 Å². The van der Waals surface area contributed by atoms with E-state index in [-0.39, 0.29) is 18.5 Å². The fourth-order valence-corrected chi connectivity index (χ4v) is 4.05. The number of hydrogen-bond acceptors (Lipinski definition) is 4. The fraction of sp³-hybridized carbons (Fsp3) is 0.556. The van der Waals surface area contributed by atoms with Gasteiger partial charge in [0.15, 0.2) is 11.5 Å². The fourth-order valence-electron chi connectivity index (χ4n) is 3.67. The van der Waals surface area contributed by atoms with Gasteiger partial charge in [-0.25, -0.2) is 4.99 Å². The molecule has 1 aliphatic carbocycles. The third kappa shape index (κ3) is 3.58. The van der Waals surface area contributed by atoms with E-state index in [0.29, 0.717) is 12.3 Å². The van der Waals surface area contributed by atoms with Crippen LogP contribution in [0.25, 0.3) is 0 Å². The molecule has 0 saturated heterocycles. The maximum Gasteiger partial charge on any atom is 0.260 e. The first-order valence-electron chi connectivity index (χ1n) is 8.52. The largest absolute Gasteiger partial charge is 0.490 e. The zero-order valence-corrected chi connectivity index (χ0v) is 15.6. The molecule has 0 radical (unpaired) electrons. The molecule has 6 heteroatoms. The summed E-state index contributed by atoms with van der Waals surface area (Å²) in [6.45, 7) is 0.226. The van der Waals surface area contributed by atoms with Crippen LogP contribution in [0.3, 0.4) is 0 Å². The third-order valence-corrected chi connectivity index (χ3v) is 5.49. The first-order chi connectivity index (χ1) is 11.5. The van der Waals surface area contributed by atoms with Crippen LogP contribution in [-0.4, -0.2) is 36.0 Å². The monoisotopic (exact) mass is 393 g/mol. The van der Waals surface area contributed by atoms with Crippen molar-refractivity contribution in [3.8, 4) is 5.75 Å². The van der Waals surface area contributed by atoms with Crippen molar-refractivity contribution in [1.29, 1.82) is 0 Å². The quantitative estimate of drug-likeness (QED) is 0.833. The minimum atomic E-state index is -0.886. The second-order valence-corrected chi connectivity index (χ2v) is 7.74. The summed E-state index contributed by atoms with van der Waals surface area (Å²) in [5, 5.41) is 0. The molecule has 1 unspecified atom stereocenters. The average molecular weight is 394 g/mol. The van der Waals surface area contributed by atoms with Gasteiger partial charge in [0.25, 0.3) is 5.91 Å². The van der Waals surface area contributed by atoms with Gasteiger partial charge in [-0.2, -0.15) is 0 Å². The minimum absolute atomic E-state index is 0.0550. The van der Waals surface area contributed by atoms with Crippen molar-refractivity contribution in [1.82, 2.24) is 4.90 Å². The standard InChI is InChI=1S/C18H24BrN3O2/c1-22-16(23)18(21-17(22)20,11-13-6-3-2-4-7-13)12-24-15-9-5-8-14(19)10-15/h5,8-10,13H,2-4,6-7,11-12H2,1H3,(H2,20,21). The lowest BCUT2D eigenvalue weighted by Crippen LogP contribution is -2.47. The molecule has 5 nitrogen and oxygen atoms in total. The number of nitrogens with two attached hydrogens (primary N) is 1. The summed E-state index contributed by atoms with van der Waals surface area (Å²) in [5.41, 5.74) is 5.05. The Morgan fingerprint density at radius 3 is 2.75 bits per heavy atom. The average Bonchev–Trinajstić information content (AvgIpc) is 2.78. The first-order valence-corrected chi connectivity index (χ1v) is 9.31. The molecule has 1 aromatic rings. The zero-order chi connectivity index (χ0) is 17.2. The van der Waals surface area contributed by atoms with Crippen molar-refractivity contribution in [3.05, 3.63) is 28.7 Å². The van der Waals surface area contributed by atoms with Crippen LogP contribution in [0, 0.1) is 5.92 Å². The van der Waals surface area contributed by atoms with Gasteiger partial charge < -0.3 is 10.5 Å². The molecule has 2 aliphatic rings. The van der Waals surface area contributed by atoms with Gasteiger partial charge >= 0.3 is 0 Å². The van der Waals surface area contributed by atoms with E-state index in [1.807, 2.05) is 24.3 Å². The van der Waals surface area contributed by atoms with Crippen LogP contribution in [-0.2, 0) is 4.79 Å². The number of guanidine groups is 1. The Kier molecular flexibility index (Phi) is 5.13. The summed E-state index contributed by atoms with van der Waals surface area (Å²) in [5.74, 6) is 1.47. The van der Waals surface area contributed by atoms with Crippen LogP contribution in [0.2, 0.25) is 0 Å². The topological polar surface area (TPSA) is 67.9 Å². The molecule has 2 N–H and O–H groups in total. The number of rotatable bonds is 5. The van der Waals surface area contributed by atoms with E-state index in [9.17, 15) is 4.79 Å². The predicted octanol–water partition coefficient (Wildman–Crippen LogP) is 3.32. The van der Waals surface area contributed by atoms with Crippen LogP contribution >= 0.6 is 15.9 Å². The van der Waals surface area contributed by atoms with E-state index in [1.165, 1.54) is 24.2 Å². The van der Waals surface area contributed by atoms with Gasteiger partial charge in [-0.3, -0.25) is 9.69 Å². The molecule has 1 aliphatic heterocycles. The van der Waals surface area contributed by atoms with E-state index in [2.05, 4.69) is 20.9 Å². The van der Waals surface area contributed by atoms with E-state index >= 15 is 0 Å². The number of carbonyl (C=O) groups excluding carboxylic acids is 1. The second kappa shape index (κ2) is 7.13. The summed E-state index contributed by atoms with van der Waals surface area (Å²) in [4.78, 5) is 18.8. The molecule has 0 aromatic heterocycles. The highest BCUT2D eigenvalue weighted by molar-refractivity contribution is 9.10. The summed E-state index contributed by atoms with van der Waals surface area (Å²) < 4.78 is 6.89. The Hall–Kier alpha value is -1.56. The molecule has 0 bridgehead atoms. The highest BCUT2D eigenvalue weighted by Gasteiger charge is 2.48. The molecule has 1 saturated carbocycles. The smallest absolute Gasteiger partial charge is 0.260 e. The number of carbonyl (C=O) groups is 1. The molecule has 3 rings (SSSR count). The van der Waals surface area contributed by atoms with Gasteiger partial charge in [-0.15, -0.1) is 0 Å². The molecular weight excluding hydrogens is 370 g/mol. The number of likely N-dealkylation sites (N-methyl/N-ethyl adjacent to an activating group) is 1. The molecule has 130 valence electrons. The Bertz CT molecular complexity index is 643. The molecule has 1 atom stereocenters. The van der Waals surface area contributed by atoms with E-state index in [1.54, 1.807) is 7.05 Å². The Balaban J connectivity index is 1.78. The molecule has 1 fully saturated rings. The highest BCUT2D eigenvalue weighted by atomic mass is 79.9. The lowest BCUT2D eigenvalue weighted by Gasteiger charge is -2.31. The normalized spacial score (nSPS) is 25.0. The van der Waals surface area contributed by atoms with Gasteiger partial charge in [-0.05, 0) is 30.5 Å². The number of hydrogen-bond donors (Lipinski definition) is 1. The van der Waals surface area contributed by atoms with Crippen LogP contribution in [0.4, 0.5) is 0 Å². The number of aliphatic imine (C=N–C) groups is 1. The highest BCUT2D eigenvalue weighted by Crippen LogP contribution is 2.36. The third-order valence-electron chi connectivity index (χ3n) is 5.00. The molecule has 1 amide bonds. The maximum atomic E-state index is 12.8. The molecule has 0 spiro atoms. The molecule has 1 aromatic carbocycles. The van der Waals surface area contributed by atoms with Crippen LogP contribution < -0.4 is 10.5 Å². The van der Waals surface area contributed by atoms with E-state index in [0.717, 1.165) is 23.1 Å². The first kappa shape index (κ1) is 17.3. The van der Waals surface area contributed by atoms with Gasteiger partial charge in [0.05, 0.1) is 0 Å². The molecule has 1 heterocycles. The number of halogens is 1. The van der Waals surface area contributed by atoms with Crippen LogP contribution in [0.5, 0.6) is 5.75 Å². The number of amides is 1. The van der Waals surface area contributed by atoms with E-state index < -0.39 is 5.54 Å². The van der Waals surface area contributed by atoms with Crippen molar-refractivity contribution in [2.45, 2.75) is 44.1 Å². The second-order valence-electron chi connectivity index (χ2n) is 6.82. The van der Waals surface area contributed by atoms with Crippen LogP contribution in [0.15, 0.2) is 33.7 Å². The van der Waals surface area contributed by atoms with Crippen molar-refractivity contribution >= 4 is 27.8 Å². The molecular formula is C18H24BrN3O2. The summed E-state index contributed by atoms with van der Waals surface area (Å²) in [6, 6.07) is 7.63. The predicted molar refractivity (Wildman–Crippen MR) is 98.0 cm³/mol. The molecule has 24 heavy (non-hydrogen) atoms. The SMILES string of the molecule is CN1C(=O)C(COc2cccc(Br)c2)(CC2CCCCC2)N=C1N. The van der Waals surface area contributed by atoms with Crippen molar-refractivity contribution < 1.29 is 9.53 Å². The summed E-state index contributed by atoms with van der Waals surface area (Å²) >= 11 is 3.44. The minimum Gasteiger partial charge on any atom is -0.490 e. The van der Waals surface area contributed by atoms with Gasteiger partial charge in [-0.1, -0.05) is 54.1 Å². The van der Waals surface area contributed by atoms with Crippen molar-refractivity contribution in [2.75, 3.05) is 13.7 Å².